The highest BCUT2D eigenvalue weighted by Gasteiger charge is 2.20. The van der Waals surface area contributed by atoms with Crippen LogP contribution in [0.1, 0.15) is 5.56 Å². The highest BCUT2D eigenvalue weighted by molar-refractivity contribution is 5.89. The van der Waals surface area contributed by atoms with Gasteiger partial charge in [-0.25, -0.2) is 19.9 Å². The van der Waals surface area contributed by atoms with Crippen molar-refractivity contribution in [2.24, 2.45) is 0 Å². The molecule has 1 aliphatic rings. The van der Waals surface area contributed by atoms with Gasteiger partial charge in [0.25, 0.3) is 0 Å². The molecule has 0 N–H and O–H groups in total. The van der Waals surface area contributed by atoms with Crippen molar-refractivity contribution in [3.8, 4) is 11.6 Å². The van der Waals surface area contributed by atoms with Crippen LogP contribution >= 0.6 is 0 Å². The molecule has 0 saturated carbocycles. The van der Waals surface area contributed by atoms with Gasteiger partial charge in [-0.3, -0.25) is 4.90 Å². The number of hydrogen-bond acceptors (Lipinski definition) is 7. The summed E-state index contributed by atoms with van der Waals surface area (Å²) in [4.78, 5) is 22.5. The Balaban J connectivity index is 1.24. The fourth-order valence-electron chi connectivity index (χ4n) is 3.59. The average molecular weight is 372 g/mol. The van der Waals surface area contributed by atoms with Gasteiger partial charge in [0.05, 0.1) is 11.8 Å². The number of piperazine rings is 1. The molecule has 1 saturated heterocycles. The summed E-state index contributed by atoms with van der Waals surface area (Å²) in [5, 5.41) is 1.11. The van der Waals surface area contributed by atoms with E-state index in [9.17, 15) is 0 Å². The van der Waals surface area contributed by atoms with Crippen LogP contribution in [0.2, 0.25) is 0 Å². The molecule has 28 heavy (non-hydrogen) atoms. The van der Waals surface area contributed by atoms with Crippen molar-refractivity contribution in [3.05, 3.63) is 66.9 Å². The SMILES string of the molecule is c1coc(-c2ncc(CN3CCN(c4ncnc5ccccc45)CC3)cn2)c1. The minimum absolute atomic E-state index is 0.620. The molecule has 7 heteroatoms. The van der Waals surface area contributed by atoms with Crippen molar-refractivity contribution in [2.45, 2.75) is 6.54 Å². The molecule has 1 aromatic carbocycles. The van der Waals surface area contributed by atoms with E-state index in [1.165, 1.54) is 0 Å². The molecule has 0 bridgehead atoms. The van der Waals surface area contributed by atoms with Crippen LogP contribution in [-0.4, -0.2) is 51.0 Å². The number of nitrogens with zero attached hydrogens (tertiary/aromatic N) is 6. The van der Waals surface area contributed by atoms with E-state index in [1.807, 2.05) is 42.7 Å². The summed E-state index contributed by atoms with van der Waals surface area (Å²) >= 11 is 0. The number of rotatable bonds is 4. The van der Waals surface area contributed by atoms with Crippen molar-refractivity contribution in [2.75, 3.05) is 31.1 Å². The number of para-hydroxylation sites is 1. The maximum atomic E-state index is 5.34. The molecule has 0 amide bonds. The molecule has 0 unspecified atom stereocenters. The molecule has 0 atom stereocenters. The lowest BCUT2D eigenvalue weighted by atomic mass is 10.2. The third-order valence-electron chi connectivity index (χ3n) is 5.05. The number of hydrogen-bond donors (Lipinski definition) is 0. The van der Waals surface area contributed by atoms with Crippen molar-refractivity contribution < 1.29 is 4.42 Å². The maximum Gasteiger partial charge on any atom is 0.195 e. The van der Waals surface area contributed by atoms with Gasteiger partial charge in [0.2, 0.25) is 0 Å². The number of benzene rings is 1. The summed E-state index contributed by atoms with van der Waals surface area (Å²) in [6.45, 7) is 4.66. The largest absolute Gasteiger partial charge is 0.461 e. The fraction of sp³-hybridized carbons (Fsp3) is 0.238. The second-order valence-electron chi connectivity index (χ2n) is 6.87. The Morgan fingerprint density at radius 1 is 0.857 bits per heavy atom. The van der Waals surface area contributed by atoms with Crippen LogP contribution in [0.25, 0.3) is 22.5 Å². The van der Waals surface area contributed by atoms with Crippen LogP contribution in [0, 0.1) is 0 Å². The van der Waals surface area contributed by atoms with Gasteiger partial charge >= 0.3 is 0 Å². The van der Waals surface area contributed by atoms with Crippen LogP contribution in [0.15, 0.2) is 65.8 Å². The minimum atomic E-state index is 0.620. The molecule has 5 rings (SSSR count). The summed E-state index contributed by atoms with van der Waals surface area (Å²) in [5.41, 5.74) is 2.10. The molecule has 0 aliphatic carbocycles. The van der Waals surface area contributed by atoms with Gasteiger partial charge in [-0.1, -0.05) is 12.1 Å². The van der Waals surface area contributed by atoms with Crippen LogP contribution in [0.5, 0.6) is 0 Å². The van der Waals surface area contributed by atoms with Crippen LogP contribution in [0.3, 0.4) is 0 Å². The Bertz CT molecular complexity index is 1050. The molecular formula is C21H20N6O. The molecule has 0 spiro atoms. The van der Waals surface area contributed by atoms with E-state index in [1.54, 1.807) is 12.6 Å². The maximum absolute atomic E-state index is 5.34. The van der Waals surface area contributed by atoms with E-state index in [0.29, 0.717) is 11.6 Å². The first-order chi connectivity index (χ1) is 13.9. The van der Waals surface area contributed by atoms with Crippen LogP contribution < -0.4 is 4.90 Å². The molecule has 1 aliphatic heterocycles. The molecule has 1 fully saturated rings. The van der Waals surface area contributed by atoms with Crippen molar-refractivity contribution in [1.29, 1.82) is 0 Å². The molecule has 0 radical (unpaired) electrons. The van der Waals surface area contributed by atoms with Gasteiger partial charge in [-0.2, -0.15) is 0 Å². The van der Waals surface area contributed by atoms with Crippen molar-refractivity contribution >= 4 is 16.7 Å². The number of aromatic nitrogens is 4. The highest BCUT2D eigenvalue weighted by atomic mass is 16.3. The molecule has 4 aromatic rings. The van der Waals surface area contributed by atoms with Crippen LogP contribution in [0.4, 0.5) is 5.82 Å². The van der Waals surface area contributed by atoms with Gasteiger partial charge in [-0.05, 0) is 24.3 Å². The predicted molar refractivity (Wildman–Crippen MR) is 107 cm³/mol. The lowest BCUT2D eigenvalue weighted by molar-refractivity contribution is 0.249. The van der Waals surface area contributed by atoms with E-state index < -0.39 is 0 Å². The van der Waals surface area contributed by atoms with E-state index in [0.717, 1.165) is 55.0 Å². The summed E-state index contributed by atoms with van der Waals surface area (Å²) < 4.78 is 5.34. The number of fused-ring (bicyclic) bond motifs is 1. The molecule has 140 valence electrons. The van der Waals surface area contributed by atoms with E-state index in [-0.39, 0.29) is 0 Å². The Labute approximate surface area is 162 Å². The summed E-state index contributed by atoms with van der Waals surface area (Å²) in [6, 6.07) is 11.9. The Hall–Kier alpha value is -3.32. The van der Waals surface area contributed by atoms with Gasteiger partial charge in [-0.15, -0.1) is 0 Å². The van der Waals surface area contributed by atoms with Crippen LogP contribution in [-0.2, 0) is 6.54 Å². The third kappa shape index (κ3) is 3.32. The second-order valence-corrected chi connectivity index (χ2v) is 6.87. The zero-order valence-electron chi connectivity index (χ0n) is 15.4. The third-order valence-corrected chi connectivity index (χ3v) is 5.05. The lowest BCUT2D eigenvalue weighted by Gasteiger charge is -2.35. The topological polar surface area (TPSA) is 71.2 Å². The van der Waals surface area contributed by atoms with Gasteiger partial charge in [0.15, 0.2) is 11.6 Å². The predicted octanol–water partition coefficient (Wildman–Crippen LogP) is 3.00. The van der Waals surface area contributed by atoms with Crippen molar-refractivity contribution in [1.82, 2.24) is 24.8 Å². The Morgan fingerprint density at radius 2 is 1.68 bits per heavy atom. The van der Waals surface area contributed by atoms with E-state index >= 15 is 0 Å². The average Bonchev–Trinajstić information content (AvgIpc) is 3.29. The quantitative estimate of drug-likeness (QED) is 0.545. The Kier molecular flexibility index (Phi) is 4.42. The zero-order valence-corrected chi connectivity index (χ0v) is 15.4. The smallest absolute Gasteiger partial charge is 0.195 e. The normalized spacial score (nSPS) is 15.2. The van der Waals surface area contributed by atoms with Gasteiger partial charge in [0, 0.05) is 56.1 Å². The summed E-state index contributed by atoms with van der Waals surface area (Å²) in [6.07, 6.45) is 7.05. The first kappa shape index (κ1) is 16.8. The first-order valence-electron chi connectivity index (χ1n) is 9.39. The monoisotopic (exact) mass is 372 g/mol. The molecule has 7 nitrogen and oxygen atoms in total. The fourth-order valence-corrected chi connectivity index (χ4v) is 3.59. The Morgan fingerprint density at radius 3 is 2.46 bits per heavy atom. The van der Waals surface area contributed by atoms with Crippen molar-refractivity contribution in [3.63, 3.8) is 0 Å². The second kappa shape index (κ2) is 7.36. The first-order valence-corrected chi connectivity index (χ1v) is 9.39. The van der Waals surface area contributed by atoms with Gasteiger partial charge in [0.1, 0.15) is 12.1 Å². The number of anilines is 1. The minimum Gasteiger partial charge on any atom is -0.461 e. The lowest BCUT2D eigenvalue weighted by Crippen LogP contribution is -2.46. The van der Waals surface area contributed by atoms with E-state index in [2.05, 4.69) is 35.8 Å². The van der Waals surface area contributed by atoms with Gasteiger partial charge < -0.3 is 9.32 Å². The molecular weight excluding hydrogens is 352 g/mol. The molecule has 3 aromatic heterocycles. The van der Waals surface area contributed by atoms with E-state index in [4.69, 9.17) is 4.42 Å². The molecule has 4 heterocycles. The summed E-state index contributed by atoms with van der Waals surface area (Å²) in [5.74, 6) is 2.34. The number of furan rings is 1. The highest BCUT2D eigenvalue weighted by Crippen LogP contribution is 2.24. The summed E-state index contributed by atoms with van der Waals surface area (Å²) in [7, 11) is 0. The standard InChI is InChI=1S/C21H20N6O/c1-2-5-18-17(4-1)21(25-15-24-18)27-9-7-26(8-10-27)14-16-12-22-20(23-13-16)19-6-3-11-28-19/h1-6,11-13,15H,7-10,14H2. The zero-order chi connectivity index (χ0) is 18.8.